The molecule has 0 aliphatic rings. The van der Waals surface area contributed by atoms with E-state index in [1.165, 1.54) is 0 Å². The molecule has 2 N–H and O–H groups in total. The van der Waals surface area contributed by atoms with Gasteiger partial charge in [0.15, 0.2) is 0 Å². The molecule has 3 nitrogen and oxygen atoms in total. The molecule has 0 saturated heterocycles. The highest BCUT2D eigenvalue weighted by Crippen LogP contribution is 2.18. The predicted octanol–water partition coefficient (Wildman–Crippen LogP) is 2.52. The van der Waals surface area contributed by atoms with Crippen LogP contribution < -0.4 is 5.32 Å². The van der Waals surface area contributed by atoms with Crippen molar-refractivity contribution >= 4 is 17.7 Å². The highest BCUT2D eigenvalue weighted by molar-refractivity contribution is 7.98. The summed E-state index contributed by atoms with van der Waals surface area (Å²) in [7, 11) is 0. The van der Waals surface area contributed by atoms with Crippen LogP contribution in [0.4, 0.5) is 0 Å². The van der Waals surface area contributed by atoms with Gasteiger partial charge in [-0.25, -0.2) is 0 Å². The van der Waals surface area contributed by atoms with Crippen molar-refractivity contribution in [3.05, 3.63) is 42.5 Å². The Kier molecular flexibility index (Phi) is 6.54. The lowest BCUT2D eigenvalue weighted by atomic mass is 10.1. The van der Waals surface area contributed by atoms with Gasteiger partial charge in [0.2, 0.25) is 5.91 Å². The molecular weight excluding hydrogens is 246 g/mol. The largest absolute Gasteiger partial charge is 0.387 e. The molecule has 0 saturated carbocycles. The lowest BCUT2D eigenvalue weighted by Gasteiger charge is -2.12. The molecule has 4 heteroatoms. The number of rotatable bonds is 7. The van der Waals surface area contributed by atoms with Crippen molar-refractivity contribution in [2.45, 2.75) is 23.8 Å². The number of carbonyl (C=O) groups excluding carboxylic acids is 1. The van der Waals surface area contributed by atoms with Gasteiger partial charge in [0.1, 0.15) is 0 Å². The molecule has 0 aliphatic carbocycles. The standard InChI is InChI=1S/C14H19NO2S/c1-3-4-5-14(17)15-10-13(16)11-6-8-12(18-2)9-7-11/h3,6-9,13,16H,1,4-5,10H2,2H3,(H,15,17). The number of nitrogens with one attached hydrogen (secondary N) is 1. The molecule has 0 bridgehead atoms. The summed E-state index contributed by atoms with van der Waals surface area (Å²) < 4.78 is 0. The Morgan fingerprint density at radius 2 is 2.17 bits per heavy atom. The van der Waals surface area contributed by atoms with Gasteiger partial charge < -0.3 is 10.4 Å². The molecule has 1 rings (SSSR count). The lowest BCUT2D eigenvalue weighted by molar-refractivity contribution is -0.121. The second-order valence-electron chi connectivity index (χ2n) is 3.92. The van der Waals surface area contributed by atoms with Gasteiger partial charge in [-0.1, -0.05) is 18.2 Å². The fourth-order valence-corrected chi connectivity index (χ4v) is 1.88. The minimum Gasteiger partial charge on any atom is -0.387 e. The first-order valence-corrected chi connectivity index (χ1v) is 7.09. The monoisotopic (exact) mass is 265 g/mol. The van der Waals surface area contributed by atoms with E-state index in [1.54, 1.807) is 17.8 Å². The topological polar surface area (TPSA) is 49.3 Å². The number of aliphatic hydroxyl groups excluding tert-OH is 1. The fraction of sp³-hybridized carbons (Fsp3) is 0.357. The summed E-state index contributed by atoms with van der Waals surface area (Å²) in [4.78, 5) is 12.5. The van der Waals surface area contributed by atoms with Crippen molar-refractivity contribution < 1.29 is 9.90 Å². The normalized spacial score (nSPS) is 11.9. The third-order valence-corrected chi connectivity index (χ3v) is 3.31. The van der Waals surface area contributed by atoms with E-state index in [0.29, 0.717) is 12.8 Å². The van der Waals surface area contributed by atoms with Crippen LogP contribution in [-0.4, -0.2) is 23.8 Å². The van der Waals surface area contributed by atoms with Crippen LogP contribution in [0.15, 0.2) is 41.8 Å². The summed E-state index contributed by atoms with van der Waals surface area (Å²) in [5, 5.41) is 12.6. The number of carbonyl (C=O) groups is 1. The van der Waals surface area contributed by atoms with Gasteiger partial charge in [-0.3, -0.25) is 4.79 Å². The third kappa shape index (κ3) is 4.94. The Bertz CT molecular complexity index is 389. The van der Waals surface area contributed by atoms with E-state index < -0.39 is 6.10 Å². The van der Waals surface area contributed by atoms with Gasteiger partial charge in [0, 0.05) is 17.9 Å². The second-order valence-corrected chi connectivity index (χ2v) is 4.80. The minimum atomic E-state index is -0.659. The number of thioether (sulfide) groups is 1. The van der Waals surface area contributed by atoms with E-state index in [0.717, 1.165) is 10.5 Å². The van der Waals surface area contributed by atoms with Crippen LogP contribution in [0, 0.1) is 0 Å². The number of allylic oxidation sites excluding steroid dienone is 1. The molecule has 18 heavy (non-hydrogen) atoms. The zero-order chi connectivity index (χ0) is 13.4. The van der Waals surface area contributed by atoms with Crippen LogP contribution in [0.3, 0.4) is 0 Å². The lowest BCUT2D eigenvalue weighted by Crippen LogP contribution is -2.27. The third-order valence-electron chi connectivity index (χ3n) is 2.57. The molecule has 1 amide bonds. The Morgan fingerprint density at radius 3 is 2.72 bits per heavy atom. The van der Waals surface area contributed by atoms with Gasteiger partial charge in [0.05, 0.1) is 6.10 Å². The fourth-order valence-electron chi connectivity index (χ4n) is 1.48. The first kappa shape index (κ1) is 14.8. The second kappa shape index (κ2) is 7.95. The van der Waals surface area contributed by atoms with Crippen LogP contribution >= 0.6 is 11.8 Å². The van der Waals surface area contributed by atoms with Gasteiger partial charge in [-0.2, -0.15) is 0 Å². The van der Waals surface area contributed by atoms with Gasteiger partial charge >= 0.3 is 0 Å². The number of aliphatic hydroxyl groups is 1. The maximum absolute atomic E-state index is 11.4. The van der Waals surface area contributed by atoms with Crippen molar-refractivity contribution in [1.82, 2.24) is 5.32 Å². The van der Waals surface area contributed by atoms with E-state index in [2.05, 4.69) is 11.9 Å². The molecule has 1 aromatic carbocycles. The molecule has 0 fully saturated rings. The number of benzene rings is 1. The summed E-state index contributed by atoms with van der Waals surface area (Å²) in [6.45, 7) is 3.81. The van der Waals surface area contributed by atoms with E-state index in [1.807, 2.05) is 30.5 Å². The van der Waals surface area contributed by atoms with E-state index in [-0.39, 0.29) is 12.5 Å². The van der Waals surface area contributed by atoms with Gasteiger partial charge in [-0.05, 0) is 30.4 Å². The highest BCUT2D eigenvalue weighted by Gasteiger charge is 2.08. The average molecular weight is 265 g/mol. The smallest absolute Gasteiger partial charge is 0.220 e. The van der Waals surface area contributed by atoms with Crippen molar-refractivity contribution in [1.29, 1.82) is 0 Å². The zero-order valence-corrected chi connectivity index (χ0v) is 11.4. The summed E-state index contributed by atoms with van der Waals surface area (Å²) in [6.07, 6.45) is 4.13. The Morgan fingerprint density at radius 1 is 1.50 bits per heavy atom. The number of hydrogen-bond acceptors (Lipinski definition) is 3. The summed E-state index contributed by atoms with van der Waals surface area (Å²) in [5.41, 5.74) is 0.817. The molecule has 1 atom stereocenters. The summed E-state index contributed by atoms with van der Waals surface area (Å²) >= 11 is 1.66. The predicted molar refractivity (Wildman–Crippen MR) is 75.6 cm³/mol. The Labute approximate surface area is 112 Å². The van der Waals surface area contributed by atoms with E-state index in [4.69, 9.17) is 0 Å². The zero-order valence-electron chi connectivity index (χ0n) is 10.6. The minimum absolute atomic E-state index is 0.0605. The van der Waals surface area contributed by atoms with Gasteiger partial charge in [-0.15, -0.1) is 18.3 Å². The summed E-state index contributed by atoms with van der Waals surface area (Å²) in [6, 6.07) is 7.68. The van der Waals surface area contributed by atoms with Crippen LogP contribution in [0.2, 0.25) is 0 Å². The Balaban J connectivity index is 2.41. The molecule has 0 aliphatic heterocycles. The first-order valence-electron chi connectivity index (χ1n) is 5.87. The van der Waals surface area contributed by atoms with Crippen molar-refractivity contribution in [3.8, 4) is 0 Å². The maximum atomic E-state index is 11.4. The van der Waals surface area contributed by atoms with Crippen molar-refractivity contribution in [3.63, 3.8) is 0 Å². The number of amides is 1. The Hall–Kier alpha value is -1.26. The molecule has 0 spiro atoms. The van der Waals surface area contributed by atoms with Crippen LogP contribution in [0.5, 0.6) is 0 Å². The molecule has 0 heterocycles. The SMILES string of the molecule is C=CCCC(=O)NCC(O)c1ccc(SC)cc1. The molecule has 0 aromatic heterocycles. The molecule has 1 unspecified atom stereocenters. The molecule has 98 valence electrons. The average Bonchev–Trinajstić information content (AvgIpc) is 2.42. The molecule has 1 aromatic rings. The van der Waals surface area contributed by atoms with Crippen LogP contribution in [0.1, 0.15) is 24.5 Å². The first-order chi connectivity index (χ1) is 8.67. The van der Waals surface area contributed by atoms with Gasteiger partial charge in [0.25, 0.3) is 0 Å². The quantitative estimate of drug-likeness (QED) is 0.588. The summed E-state index contributed by atoms with van der Waals surface area (Å²) in [5.74, 6) is -0.0605. The maximum Gasteiger partial charge on any atom is 0.220 e. The molecule has 0 radical (unpaired) electrons. The van der Waals surface area contributed by atoms with Crippen LogP contribution in [0.25, 0.3) is 0 Å². The van der Waals surface area contributed by atoms with E-state index in [9.17, 15) is 9.90 Å². The highest BCUT2D eigenvalue weighted by atomic mass is 32.2. The number of hydrogen-bond donors (Lipinski definition) is 2. The van der Waals surface area contributed by atoms with E-state index >= 15 is 0 Å². The van der Waals surface area contributed by atoms with Crippen LogP contribution in [-0.2, 0) is 4.79 Å². The molecular formula is C14H19NO2S. The van der Waals surface area contributed by atoms with Crippen molar-refractivity contribution in [2.75, 3.05) is 12.8 Å². The van der Waals surface area contributed by atoms with Crippen molar-refractivity contribution in [2.24, 2.45) is 0 Å².